The molecular weight excluding hydrogens is 262 g/mol. The van der Waals surface area contributed by atoms with Crippen molar-refractivity contribution in [3.63, 3.8) is 0 Å². The van der Waals surface area contributed by atoms with Crippen LogP contribution in [0.5, 0.6) is 0 Å². The molecule has 1 saturated heterocycles. The van der Waals surface area contributed by atoms with Crippen LogP contribution in [0.4, 0.5) is 0 Å². The average molecular weight is 284 g/mol. The Morgan fingerprint density at radius 2 is 1.38 bits per heavy atom. The number of rotatable bonds is 4. The molecule has 4 nitrogen and oxygen atoms in total. The third-order valence-corrected chi connectivity index (χ3v) is 18.1. The molecule has 0 aromatic heterocycles. The zero-order valence-electron chi connectivity index (χ0n) is 10.6. The van der Waals surface area contributed by atoms with Gasteiger partial charge in [-0.15, -0.1) is 0 Å². The van der Waals surface area contributed by atoms with Crippen molar-refractivity contribution < 1.29 is 18.2 Å². The van der Waals surface area contributed by atoms with Gasteiger partial charge in [-0.25, -0.2) is 0 Å². The van der Waals surface area contributed by atoms with E-state index < -0.39 is 22.8 Å². The lowest BCUT2D eigenvalue weighted by Crippen LogP contribution is -2.41. The van der Waals surface area contributed by atoms with Gasteiger partial charge in [0.15, 0.2) is 0 Å². The summed E-state index contributed by atoms with van der Waals surface area (Å²) in [7, 11) is -7.14. The van der Waals surface area contributed by atoms with Gasteiger partial charge in [-0.3, -0.25) is 9.13 Å². The van der Waals surface area contributed by atoms with E-state index in [1.165, 1.54) is 0 Å². The van der Waals surface area contributed by atoms with Gasteiger partial charge in [0.25, 0.3) is 0 Å². The summed E-state index contributed by atoms with van der Waals surface area (Å²) in [4.78, 5) is 0. The van der Waals surface area contributed by atoms with Gasteiger partial charge >= 0.3 is 0 Å². The van der Waals surface area contributed by atoms with Crippen LogP contribution in [-0.4, -0.2) is 38.8 Å². The van der Waals surface area contributed by atoms with Crippen LogP contribution >= 0.6 is 14.7 Å². The molecule has 1 rings (SSSR count). The fourth-order valence-electron chi connectivity index (χ4n) is 2.43. The molecule has 1 aliphatic rings. The summed E-state index contributed by atoms with van der Waals surface area (Å²) >= 11 is 0. The predicted octanol–water partition coefficient (Wildman–Crippen LogP) is 3.37. The summed E-state index contributed by atoms with van der Waals surface area (Å²) in [5.74, 6) is 1.44. The van der Waals surface area contributed by atoms with Gasteiger partial charge in [0.2, 0.25) is 14.7 Å². The normalized spacial score (nSPS) is 38.5. The van der Waals surface area contributed by atoms with Gasteiger partial charge in [-0.1, -0.05) is 13.1 Å². The van der Waals surface area contributed by atoms with Crippen molar-refractivity contribution in [1.29, 1.82) is 0 Å². The van der Waals surface area contributed by atoms with Crippen LogP contribution in [-0.2, 0) is 18.2 Å². The van der Waals surface area contributed by atoms with E-state index in [-0.39, 0.29) is 5.90 Å². The van der Waals surface area contributed by atoms with E-state index in [4.69, 9.17) is 9.05 Å². The first-order valence-corrected chi connectivity index (χ1v) is 13.1. The first-order chi connectivity index (χ1) is 7.24. The highest BCUT2D eigenvalue weighted by molar-refractivity contribution is 7.80. The Hall–Kier alpha value is 0.597. The molecule has 0 amide bonds. The Morgan fingerprint density at radius 1 is 1.00 bits per heavy atom. The van der Waals surface area contributed by atoms with E-state index in [2.05, 4.69) is 13.1 Å². The van der Waals surface area contributed by atoms with E-state index >= 15 is 0 Å². The molecule has 0 N–H and O–H groups in total. The lowest BCUT2D eigenvalue weighted by atomic mass is 10.9. The van der Waals surface area contributed by atoms with Gasteiger partial charge in [0.1, 0.15) is 5.90 Å². The Balaban J connectivity index is 2.94. The van der Waals surface area contributed by atoms with E-state index in [0.29, 0.717) is 24.8 Å². The largest absolute Gasteiger partial charge is 0.329 e. The SMILES string of the molecule is CCOP1(=O)C[Si](C)(C)CP(=O)(OCC)C1. The Morgan fingerprint density at radius 3 is 1.69 bits per heavy atom. The molecule has 0 saturated carbocycles. The molecule has 0 aromatic rings. The lowest BCUT2D eigenvalue weighted by molar-refractivity contribution is 0.324. The van der Waals surface area contributed by atoms with Crippen LogP contribution < -0.4 is 0 Å². The summed E-state index contributed by atoms with van der Waals surface area (Å²) in [6.45, 7) is 8.73. The highest BCUT2D eigenvalue weighted by Crippen LogP contribution is 2.68. The second kappa shape index (κ2) is 5.07. The quantitative estimate of drug-likeness (QED) is 0.586. The van der Waals surface area contributed by atoms with Crippen LogP contribution in [0.3, 0.4) is 0 Å². The topological polar surface area (TPSA) is 52.6 Å². The molecule has 0 aromatic carbocycles. The van der Waals surface area contributed by atoms with Gasteiger partial charge in [-0.05, 0) is 13.8 Å². The maximum Gasteiger partial charge on any atom is 0.210 e. The monoisotopic (exact) mass is 284 g/mol. The van der Waals surface area contributed by atoms with Crippen LogP contribution in [0.1, 0.15) is 13.8 Å². The van der Waals surface area contributed by atoms with Crippen molar-refractivity contribution >= 4 is 22.8 Å². The molecule has 2 atom stereocenters. The molecular formula is C9H22O4P2Si. The minimum atomic E-state index is -2.71. The standard InChI is InChI=1S/C9H22O4P2Si/c1-5-12-14(10)7-15(11,13-6-2)9-16(3,4)8-14/h5-9H2,1-4H3. The molecule has 1 aliphatic heterocycles. The maximum atomic E-state index is 12.5. The Labute approximate surface area is 99.0 Å². The van der Waals surface area contributed by atoms with Crippen molar-refractivity contribution in [3.05, 3.63) is 0 Å². The molecule has 0 aliphatic carbocycles. The second-order valence-corrected chi connectivity index (χ2v) is 16.9. The first kappa shape index (κ1) is 14.7. The number of hydrogen-bond acceptors (Lipinski definition) is 4. The highest BCUT2D eigenvalue weighted by atomic mass is 31.2. The average Bonchev–Trinajstić information content (AvgIpc) is 1.97. The zero-order valence-corrected chi connectivity index (χ0v) is 13.4. The van der Waals surface area contributed by atoms with Crippen molar-refractivity contribution in [2.24, 2.45) is 0 Å². The summed E-state index contributed by atoms with van der Waals surface area (Å²) in [6, 6.07) is 0. The summed E-state index contributed by atoms with van der Waals surface area (Å²) in [5, 5.41) is 0. The van der Waals surface area contributed by atoms with Crippen LogP contribution in [0.2, 0.25) is 13.1 Å². The molecule has 7 heteroatoms. The van der Waals surface area contributed by atoms with E-state index in [1.807, 2.05) is 13.8 Å². The first-order valence-electron chi connectivity index (χ1n) is 5.69. The van der Waals surface area contributed by atoms with Crippen LogP contribution in [0.25, 0.3) is 0 Å². The summed E-state index contributed by atoms with van der Waals surface area (Å²) < 4.78 is 35.8. The molecule has 0 radical (unpaired) electrons. The number of hydrogen-bond donors (Lipinski definition) is 0. The van der Waals surface area contributed by atoms with Crippen molar-refractivity contribution in [2.75, 3.05) is 30.7 Å². The Kier molecular flexibility index (Phi) is 4.65. The third kappa shape index (κ3) is 3.81. The fourth-order valence-corrected chi connectivity index (χ4v) is 21.7. The summed E-state index contributed by atoms with van der Waals surface area (Å²) in [5.41, 5.74) is 0. The fraction of sp³-hybridized carbons (Fsp3) is 1.00. The van der Waals surface area contributed by atoms with Gasteiger partial charge < -0.3 is 9.05 Å². The van der Waals surface area contributed by atoms with Crippen LogP contribution in [0.15, 0.2) is 0 Å². The minimum absolute atomic E-state index is 0.151. The van der Waals surface area contributed by atoms with Crippen molar-refractivity contribution in [1.82, 2.24) is 0 Å². The van der Waals surface area contributed by atoms with Gasteiger partial charge in [-0.2, -0.15) is 0 Å². The van der Waals surface area contributed by atoms with Crippen molar-refractivity contribution in [3.8, 4) is 0 Å². The molecule has 0 bridgehead atoms. The summed E-state index contributed by atoms with van der Waals surface area (Å²) in [6.07, 6.45) is 0. The molecule has 2 unspecified atom stereocenters. The van der Waals surface area contributed by atoms with E-state index in [1.54, 1.807) is 0 Å². The molecule has 1 heterocycles. The van der Waals surface area contributed by atoms with Crippen LogP contribution in [0, 0.1) is 0 Å². The van der Waals surface area contributed by atoms with E-state index in [0.717, 1.165) is 0 Å². The lowest BCUT2D eigenvalue weighted by Gasteiger charge is -2.37. The molecule has 16 heavy (non-hydrogen) atoms. The van der Waals surface area contributed by atoms with Gasteiger partial charge in [0.05, 0.1) is 21.3 Å². The second-order valence-electron chi connectivity index (χ2n) is 5.09. The Bertz CT molecular complexity index is 312. The third-order valence-electron chi connectivity index (χ3n) is 2.50. The molecule has 0 spiro atoms. The molecule has 96 valence electrons. The maximum absolute atomic E-state index is 12.5. The van der Waals surface area contributed by atoms with Gasteiger partial charge in [0, 0.05) is 11.6 Å². The predicted molar refractivity (Wildman–Crippen MR) is 70.5 cm³/mol. The molecule has 1 fully saturated rings. The smallest absolute Gasteiger partial charge is 0.210 e. The minimum Gasteiger partial charge on any atom is -0.329 e. The van der Waals surface area contributed by atoms with E-state index in [9.17, 15) is 9.13 Å². The van der Waals surface area contributed by atoms with Crippen molar-refractivity contribution in [2.45, 2.75) is 26.9 Å². The highest BCUT2D eigenvalue weighted by Gasteiger charge is 2.49. The zero-order chi connectivity index (χ0) is 12.4.